The molecule has 0 aromatic heterocycles. The van der Waals surface area contributed by atoms with Gasteiger partial charge in [0.05, 0.1) is 7.11 Å². The van der Waals surface area contributed by atoms with Gasteiger partial charge in [-0.2, -0.15) is 0 Å². The monoisotopic (exact) mass is 493 g/mol. The summed E-state index contributed by atoms with van der Waals surface area (Å²) in [4.78, 5) is 52.7. The van der Waals surface area contributed by atoms with E-state index in [9.17, 15) is 24.3 Å². The molecule has 10 heteroatoms. The highest BCUT2D eigenvalue weighted by molar-refractivity contribution is 5.93. The van der Waals surface area contributed by atoms with Crippen molar-refractivity contribution in [3.63, 3.8) is 0 Å². The van der Waals surface area contributed by atoms with E-state index in [2.05, 4.69) is 15.4 Å². The lowest BCUT2D eigenvalue weighted by Crippen LogP contribution is -2.57. The fourth-order valence-corrected chi connectivity index (χ4v) is 3.42. The molecular formula is C25H39N3O7. The second kappa shape index (κ2) is 13.0. The zero-order valence-corrected chi connectivity index (χ0v) is 21.9. The molecule has 10 nitrogen and oxygen atoms in total. The first-order chi connectivity index (χ1) is 16.2. The molecular weight excluding hydrogens is 454 g/mol. The summed E-state index contributed by atoms with van der Waals surface area (Å²) in [5, 5.41) is 15.7. The average Bonchev–Trinajstić information content (AvgIpc) is 2.77. The Morgan fingerprint density at radius 1 is 1.09 bits per heavy atom. The van der Waals surface area contributed by atoms with Gasteiger partial charge in [0.1, 0.15) is 30.0 Å². The summed E-state index contributed by atoms with van der Waals surface area (Å²) in [6.45, 7) is 11.9. The van der Waals surface area contributed by atoms with Crippen molar-refractivity contribution in [3.05, 3.63) is 29.8 Å². The molecule has 3 atom stereocenters. The van der Waals surface area contributed by atoms with E-state index in [1.807, 2.05) is 13.8 Å². The molecule has 0 fully saturated rings. The molecule has 0 saturated heterocycles. The summed E-state index contributed by atoms with van der Waals surface area (Å²) in [6, 6.07) is 3.37. The van der Waals surface area contributed by atoms with Crippen LogP contribution in [0, 0.1) is 5.92 Å². The van der Waals surface area contributed by atoms with Gasteiger partial charge >= 0.3 is 12.1 Å². The van der Waals surface area contributed by atoms with E-state index in [0.29, 0.717) is 6.42 Å². The zero-order chi connectivity index (χ0) is 26.9. The Labute approximate surface area is 207 Å². The maximum Gasteiger partial charge on any atom is 0.408 e. The number of hydrogen-bond acceptors (Lipinski definition) is 7. The Balaban J connectivity index is 3.49. The molecule has 1 aromatic carbocycles. The minimum absolute atomic E-state index is 0.178. The molecule has 35 heavy (non-hydrogen) atoms. The Morgan fingerprint density at radius 2 is 1.69 bits per heavy atom. The number of hydrogen-bond donors (Lipinski definition) is 3. The number of carbonyl (C=O) groups is 4. The number of carbonyl (C=O) groups excluding carboxylic acids is 4. The number of alkyl carbamates (subject to hydrolysis) is 1. The lowest BCUT2D eigenvalue weighted by Gasteiger charge is -2.38. The smallest absolute Gasteiger partial charge is 0.408 e. The quantitative estimate of drug-likeness (QED) is 0.427. The summed E-state index contributed by atoms with van der Waals surface area (Å²) in [7, 11) is 1.19. The van der Waals surface area contributed by atoms with Crippen molar-refractivity contribution in [3.8, 4) is 5.75 Å². The normalized spacial score (nSPS) is 13.9. The third-order valence-corrected chi connectivity index (χ3v) is 5.35. The number of nitrogens with zero attached hydrogens (tertiary/aromatic N) is 1. The Morgan fingerprint density at radius 3 is 2.17 bits per heavy atom. The van der Waals surface area contributed by atoms with E-state index in [1.54, 1.807) is 46.8 Å². The first-order valence-corrected chi connectivity index (χ1v) is 11.7. The van der Waals surface area contributed by atoms with Gasteiger partial charge in [-0.15, -0.1) is 0 Å². The lowest BCUT2D eigenvalue weighted by atomic mass is 9.94. The van der Waals surface area contributed by atoms with Crippen LogP contribution in [0.25, 0.3) is 0 Å². The molecule has 1 aromatic rings. The Bertz CT molecular complexity index is 895. The number of amides is 3. The summed E-state index contributed by atoms with van der Waals surface area (Å²) < 4.78 is 9.94. The zero-order valence-electron chi connectivity index (χ0n) is 21.9. The van der Waals surface area contributed by atoms with Gasteiger partial charge in [-0.05, 0) is 46.6 Å². The molecule has 0 heterocycles. The van der Waals surface area contributed by atoms with E-state index in [0.717, 1.165) is 0 Å². The van der Waals surface area contributed by atoms with Crippen molar-refractivity contribution in [2.24, 2.45) is 5.92 Å². The summed E-state index contributed by atoms with van der Waals surface area (Å²) in [6.07, 6.45) is -0.192. The van der Waals surface area contributed by atoms with E-state index in [1.165, 1.54) is 24.1 Å². The van der Waals surface area contributed by atoms with Gasteiger partial charge in [-0.25, -0.2) is 4.79 Å². The van der Waals surface area contributed by atoms with E-state index < -0.39 is 54.1 Å². The van der Waals surface area contributed by atoms with Crippen molar-refractivity contribution in [2.45, 2.75) is 78.6 Å². The van der Waals surface area contributed by atoms with Gasteiger partial charge in [0.15, 0.2) is 0 Å². The highest BCUT2D eigenvalue weighted by Gasteiger charge is 2.40. The van der Waals surface area contributed by atoms with Gasteiger partial charge in [0.25, 0.3) is 0 Å². The van der Waals surface area contributed by atoms with Crippen LogP contribution in [0.5, 0.6) is 5.75 Å². The van der Waals surface area contributed by atoms with E-state index in [4.69, 9.17) is 4.74 Å². The number of benzene rings is 1. The number of rotatable bonds is 10. The van der Waals surface area contributed by atoms with E-state index in [-0.39, 0.29) is 17.2 Å². The Hall–Kier alpha value is -3.30. The maximum absolute atomic E-state index is 13.9. The predicted molar refractivity (Wildman–Crippen MR) is 130 cm³/mol. The lowest BCUT2D eigenvalue weighted by molar-refractivity contribution is -0.147. The first-order valence-electron chi connectivity index (χ1n) is 11.7. The number of phenols is 1. The topological polar surface area (TPSA) is 134 Å². The van der Waals surface area contributed by atoms with Gasteiger partial charge < -0.3 is 30.1 Å². The van der Waals surface area contributed by atoms with Gasteiger partial charge in [-0.1, -0.05) is 38.5 Å². The Kier molecular flexibility index (Phi) is 11.0. The van der Waals surface area contributed by atoms with E-state index >= 15 is 0 Å². The maximum atomic E-state index is 13.9. The number of para-hydroxylation sites is 1. The molecule has 3 amide bonds. The van der Waals surface area contributed by atoms with Crippen LogP contribution in [-0.2, 0) is 23.9 Å². The van der Waals surface area contributed by atoms with Crippen molar-refractivity contribution >= 4 is 23.9 Å². The van der Waals surface area contributed by atoms with Crippen LogP contribution in [0.15, 0.2) is 24.3 Å². The molecule has 1 rings (SSSR count). The molecule has 0 saturated carbocycles. The molecule has 3 N–H and O–H groups in total. The number of phenolic OH excluding ortho intramolecular Hbond substituents is 1. The highest BCUT2D eigenvalue weighted by Crippen LogP contribution is 2.31. The van der Waals surface area contributed by atoms with Crippen LogP contribution in [0.3, 0.4) is 0 Å². The largest absolute Gasteiger partial charge is 0.508 e. The molecule has 0 radical (unpaired) electrons. The first kappa shape index (κ1) is 29.7. The molecule has 196 valence electrons. The SMILES string of the molecule is CCC(C)C(NC(=O)OC(C)(C)C)C(=O)N(C(C)C)C(C(=O)NCC(=O)OC)c1ccccc1O. The number of ether oxygens (including phenoxy) is 2. The molecule has 0 aliphatic carbocycles. The third-order valence-electron chi connectivity index (χ3n) is 5.35. The fourth-order valence-electron chi connectivity index (χ4n) is 3.42. The van der Waals surface area contributed by atoms with Crippen LogP contribution >= 0.6 is 0 Å². The minimum Gasteiger partial charge on any atom is -0.508 e. The van der Waals surface area contributed by atoms with Crippen LogP contribution in [-0.4, -0.2) is 65.2 Å². The van der Waals surface area contributed by atoms with Crippen LogP contribution < -0.4 is 10.6 Å². The van der Waals surface area contributed by atoms with Gasteiger partial charge in [-0.3, -0.25) is 14.4 Å². The van der Waals surface area contributed by atoms with Gasteiger partial charge in [0, 0.05) is 11.6 Å². The molecule has 3 unspecified atom stereocenters. The minimum atomic E-state index is -1.28. The molecule has 0 bridgehead atoms. The average molecular weight is 494 g/mol. The van der Waals surface area contributed by atoms with Crippen LogP contribution in [0.2, 0.25) is 0 Å². The molecule has 0 spiro atoms. The standard InChI is InChI=1S/C25H39N3O7/c1-9-16(4)20(27-24(33)35-25(5,6)7)23(32)28(15(2)3)21(17-12-10-11-13-18(17)29)22(31)26-14-19(30)34-8/h10-13,15-16,20-21,29H,9,14H2,1-8H3,(H,26,31)(H,27,33). The van der Waals surface area contributed by atoms with Gasteiger partial charge in [0.2, 0.25) is 11.8 Å². The second-order valence-corrected chi connectivity index (χ2v) is 9.60. The summed E-state index contributed by atoms with van der Waals surface area (Å²) in [5.74, 6) is -2.36. The summed E-state index contributed by atoms with van der Waals surface area (Å²) in [5.41, 5.74) is -0.589. The molecule has 0 aliphatic rings. The summed E-state index contributed by atoms with van der Waals surface area (Å²) >= 11 is 0. The highest BCUT2D eigenvalue weighted by atomic mass is 16.6. The fraction of sp³-hybridized carbons (Fsp3) is 0.600. The number of methoxy groups -OCH3 is 1. The third kappa shape index (κ3) is 8.77. The van der Waals surface area contributed by atoms with Crippen molar-refractivity contribution in [1.82, 2.24) is 15.5 Å². The molecule has 0 aliphatic heterocycles. The number of aromatic hydroxyl groups is 1. The van der Waals surface area contributed by atoms with Crippen LogP contribution in [0.4, 0.5) is 4.79 Å². The second-order valence-electron chi connectivity index (χ2n) is 9.60. The number of nitrogens with one attached hydrogen (secondary N) is 2. The predicted octanol–water partition coefficient (Wildman–Crippen LogP) is 2.90. The van der Waals surface area contributed by atoms with Crippen LogP contribution in [0.1, 0.15) is 66.5 Å². The van der Waals surface area contributed by atoms with Crippen molar-refractivity contribution in [1.29, 1.82) is 0 Å². The van der Waals surface area contributed by atoms with Crippen molar-refractivity contribution < 1.29 is 33.8 Å². The number of esters is 1. The van der Waals surface area contributed by atoms with Crippen molar-refractivity contribution in [2.75, 3.05) is 13.7 Å².